The van der Waals surface area contributed by atoms with Crippen LogP contribution in [0.5, 0.6) is 5.75 Å². The molecule has 1 heterocycles. The lowest BCUT2D eigenvalue weighted by Gasteiger charge is -2.08. The molecule has 5 aromatic rings. The van der Waals surface area contributed by atoms with Gasteiger partial charge in [0.15, 0.2) is 5.82 Å². The third-order valence-electron chi connectivity index (χ3n) is 5.34. The number of benzene rings is 4. The second-order valence-electron chi connectivity index (χ2n) is 7.59. The normalized spacial score (nSPS) is 10.9. The molecule has 0 aliphatic carbocycles. The van der Waals surface area contributed by atoms with E-state index in [1.807, 2.05) is 97.9 Å². The Morgan fingerprint density at radius 2 is 1.68 bits per heavy atom. The van der Waals surface area contributed by atoms with Gasteiger partial charge in [-0.25, -0.2) is 9.67 Å². The first-order chi connectivity index (χ1) is 16.6. The molecule has 0 atom stereocenters. The summed E-state index contributed by atoms with van der Waals surface area (Å²) >= 11 is 3.47. The Hall–Kier alpha value is -3.97. The van der Waals surface area contributed by atoms with Gasteiger partial charge in [0.1, 0.15) is 5.75 Å². The van der Waals surface area contributed by atoms with Crippen molar-refractivity contribution in [3.05, 3.63) is 101 Å². The van der Waals surface area contributed by atoms with E-state index in [1.54, 1.807) is 4.68 Å². The number of carbonyl (C=O) groups excluding carboxylic acids is 1. The van der Waals surface area contributed by atoms with Crippen LogP contribution < -0.4 is 10.1 Å². The first-order valence-corrected chi connectivity index (χ1v) is 11.7. The average Bonchev–Trinajstić information content (AvgIpc) is 3.31. The maximum Gasteiger partial charge on any atom is 0.295 e. The van der Waals surface area contributed by atoms with Crippen molar-refractivity contribution in [2.45, 2.75) is 6.92 Å². The monoisotopic (exact) mass is 512 g/mol. The van der Waals surface area contributed by atoms with Crippen molar-refractivity contribution in [2.24, 2.45) is 0 Å². The molecule has 1 amide bonds. The maximum atomic E-state index is 13.2. The minimum absolute atomic E-state index is 0.0831. The van der Waals surface area contributed by atoms with Gasteiger partial charge in [0, 0.05) is 21.1 Å². The molecule has 5 rings (SSSR count). The molecule has 0 fully saturated rings. The van der Waals surface area contributed by atoms with E-state index in [2.05, 4.69) is 31.3 Å². The van der Waals surface area contributed by atoms with Crippen molar-refractivity contribution in [3.8, 4) is 22.8 Å². The fraction of sp³-hybridized carbons (Fsp3) is 0.0741. The summed E-state index contributed by atoms with van der Waals surface area (Å²) in [7, 11) is 0. The number of fused-ring (bicyclic) bond motifs is 1. The number of rotatable bonds is 6. The van der Waals surface area contributed by atoms with E-state index < -0.39 is 0 Å². The Kier molecular flexibility index (Phi) is 6.10. The molecule has 0 bridgehead atoms. The largest absolute Gasteiger partial charge is 0.494 e. The molecule has 4 aromatic carbocycles. The third kappa shape index (κ3) is 4.43. The molecule has 0 saturated carbocycles. The van der Waals surface area contributed by atoms with E-state index in [1.165, 1.54) is 0 Å². The smallest absolute Gasteiger partial charge is 0.295 e. The van der Waals surface area contributed by atoms with Gasteiger partial charge in [0.25, 0.3) is 5.91 Å². The number of hydrogen-bond donors (Lipinski definition) is 1. The van der Waals surface area contributed by atoms with Crippen LogP contribution in [0.15, 0.2) is 95.5 Å². The van der Waals surface area contributed by atoms with Gasteiger partial charge < -0.3 is 10.1 Å². The summed E-state index contributed by atoms with van der Waals surface area (Å²) in [4.78, 5) is 17.8. The standard InChI is InChI=1S/C27H21BrN4O2/c1-2-34-22-16-14-21(15-17-22)32-26(19-10-12-20(28)13-11-19)30-25(31-32)27(33)29-24-9-5-7-18-6-3-4-8-23(18)24/h3-17H,2H2,1H3,(H,29,33). The lowest BCUT2D eigenvalue weighted by Crippen LogP contribution is -2.14. The molecule has 0 saturated heterocycles. The van der Waals surface area contributed by atoms with Crippen LogP contribution in [0.4, 0.5) is 5.69 Å². The number of aromatic nitrogens is 3. The van der Waals surface area contributed by atoms with Crippen LogP contribution in [0.25, 0.3) is 27.8 Å². The van der Waals surface area contributed by atoms with Crippen molar-refractivity contribution in [1.82, 2.24) is 14.8 Å². The number of halogens is 1. The molecule has 1 N–H and O–H groups in total. The van der Waals surface area contributed by atoms with E-state index in [0.717, 1.165) is 32.2 Å². The highest BCUT2D eigenvalue weighted by Crippen LogP contribution is 2.26. The van der Waals surface area contributed by atoms with Crippen LogP contribution in [0, 0.1) is 0 Å². The Morgan fingerprint density at radius 3 is 2.44 bits per heavy atom. The maximum absolute atomic E-state index is 13.2. The zero-order valence-electron chi connectivity index (χ0n) is 18.4. The molecule has 168 valence electrons. The molecular weight excluding hydrogens is 492 g/mol. The van der Waals surface area contributed by atoms with Gasteiger partial charge in [0.05, 0.1) is 12.3 Å². The number of anilines is 1. The number of carbonyl (C=O) groups is 1. The van der Waals surface area contributed by atoms with Crippen LogP contribution in [-0.4, -0.2) is 27.3 Å². The van der Waals surface area contributed by atoms with E-state index in [9.17, 15) is 4.79 Å². The van der Waals surface area contributed by atoms with Crippen molar-refractivity contribution in [2.75, 3.05) is 11.9 Å². The van der Waals surface area contributed by atoms with Gasteiger partial charge in [-0.15, -0.1) is 5.10 Å². The predicted octanol–water partition coefficient (Wildman–Crippen LogP) is 6.50. The summed E-state index contributed by atoms with van der Waals surface area (Å²) in [6, 6.07) is 29.0. The highest BCUT2D eigenvalue weighted by Gasteiger charge is 2.19. The first kappa shape index (κ1) is 21.9. The minimum Gasteiger partial charge on any atom is -0.494 e. The lowest BCUT2D eigenvalue weighted by atomic mass is 10.1. The second-order valence-corrected chi connectivity index (χ2v) is 8.50. The summed E-state index contributed by atoms with van der Waals surface area (Å²) in [5.41, 5.74) is 2.33. The number of ether oxygens (including phenoxy) is 1. The molecule has 7 heteroatoms. The molecule has 34 heavy (non-hydrogen) atoms. The number of hydrogen-bond acceptors (Lipinski definition) is 4. The Morgan fingerprint density at radius 1 is 0.941 bits per heavy atom. The van der Waals surface area contributed by atoms with E-state index in [4.69, 9.17) is 4.74 Å². The topological polar surface area (TPSA) is 69.0 Å². The van der Waals surface area contributed by atoms with Crippen molar-refractivity contribution in [3.63, 3.8) is 0 Å². The summed E-state index contributed by atoms with van der Waals surface area (Å²) in [6.45, 7) is 2.53. The van der Waals surface area contributed by atoms with E-state index in [0.29, 0.717) is 18.1 Å². The Labute approximate surface area is 205 Å². The number of amides is 1. The quantitative estimate of drug-likeness (QED) is 0.282. The minimum atomic E-state index is -0.376. The van der Waals surface area contributed by atoms with Crippen LogP contribution in [-0.2, 0) is 0 Å². The average molecular weight is 513 g/mol. The first-order valence-electron chi connectivity index (χ1n) is 10.9. The van der Waals surface area contributed by atoms with Gasteiger partial charge in [-0.2, -0.15) is 0 Å². The fourth-order valence-electron chi connectivity index (χ4n) is 3.74. The Bertz CT molecular complexity index is 1460. The van der Waals surface area contributed by atoms with Crippen LogP contribution in [0.2, 0.25) is 0 Å². The van der Waals surface area contributed by atoms with Gasteiger partial charge in [-0.3, -0.25) is 4.79 Å². The second kappa shape index (κ2) is 9.49. The van der Waals surface area contributed by atoms with Crippen molar-refractivity contribution < 1.29 is 9.53 Å². The molecule has 0 unspecified atom stereocenters. The predicted molar refractivity (Wildman–Crippen MR) is 138 cm³/mol. The van der Waals surface area contributed by atoms with Crippen LogP contribution in [0.3, 0.4) is 0 Å². The Balaban J connectivity index is 1.54. The molecule has 0 aliphatic rings. The zero-order chi connectivity index (χ0) is 23.5. The molecule has 0 radical (unpaired) electrons. The molecule has 0 spiro atoms. The lowest BCUT2D eigenvalue weighted by molar-refractivity contribution is 0.101. The number of nitrogens with zero attached hydrogens (tertiary/aromatic N) is 3. The van der Waals surface area contributed by atoms with Crippen molar-refractivity contribution >= 4 is 38.3 Å². The summed E-state index contributed by atoms with van der Waals surface area (Å²) in [6.07, 6.45) is 0. The molecule has 0 aliphatic heterocycles. The van der Waals surface area contributed by atoms with E-state index >= 15 is 0 Å². The zero-order valence-corrected chi connectivity index (χ0v) is 20.0. The van der Waals surface area contributed by atoms with Crippen LogP contribution in [0.1, 0.15) is 17.5 Å². The van der Waals surface area contributed by atoms with Crippen molar-refractivity contribution in [1.29, 1.82) is 0 Å². The highest BCUT2D eigenvalue weighted by atomic mass is 79.9. The van der Waals surface area contributed by atoms with Gasteiger partial charge in [0.2, 0.25) is 5.82 Å². The van der Waals surface area contributed by atoms with Gasteiger partial charge >= 0.3 is 0 Å². The fourth-order valence-corrected chi connectivity index (χ4v) is 4.00. The third-order valence-corrected chi connectivity index (χ3v) is 5.87. The highest BCUT2D eigenvalue weighted by molar-refractivity contribution is 9.10. The van der Waals surface area contributed by atoms with Gasteiger partial charge in [-0.1, -0.05) is 64.5 Å². The molecule has 6 nitrogen and oxygen atoms in total. The van der Waals surface area contributed by atoms with E-state index in [-0.39, 0.29) is 11.7 Å². The van der Waals surface area contributed by atoms with Crippen LogP contribution >= 0.6 is 15.9 Å². The molecular formula is C27H21BrN4O2. The molecule has 1 aromatic heterocycles. The SMILES string of the molecule is CCOc1ccc(-n2nc(C(=O)Nc3cccc4ccccc34)nc2-c2ccc(Br)cc2)cc1. The van der Waals surface area contributed by atoms with Gasteiger partial charge in [-0.05, 0) is 54.8 Å². The summed E-state index contributed by atoms with van der Waals surface area (Å²) < 4.78 is 8.19. The summed E-state index contributed by atoms with van der Waals surface area (Å²) in [5, 5.41) is 9.55. The summed E-state index contributed by atoms with van der Waals surface area (Å²) in [5.74, 6) is 1.05. The number of nitrogens with one attached hydrogen (secondary N) is 1.